The van der Waals surface area contributed by atoms with Gasteiger partial charge in [0, 0.05) is 6.54 Å². The molecule has 0 bridgehead atoms. The Hall–Kier alpha value is -2.34. The lowest BCUT2D eigenvalue weighted by Gasteiger charge is -2.19. The van der Waals surface area contributed by atoms with Gasteiger partial charge in [0.25, 0.3) is 5.91 Å². The number of hydrogen-bond donors (Lipinski definition) is 1. The number of benzene rings is 1. The first-order valence-corrected chi connectivity index (χ1v) is 8.81. The molecular weight excluding hydrogens is 318 g/mol. The molecule has 1 N–H and O–H groups in total. The van der Waals surface area contributed by atoms with Gasteiger partial charge in [0.2, 0.25) is 0 Å². The normalized spacial score (nSPS) is 10.9. The number of hydrogen-bond acceptors (Lipinski definition) is 5. The van der Waals surface area contributed by atoms with Crippen LogP contribution in [0.15, 0.2) is 28.8 Å². The van der Waals surface area contributed by atoms with Crippen LogP contribution >= 0.6 is 0 Å². The van der Waals surface area contributed by atoms with Crippen LogP contribution in [0, 0.1) is 6.92 Å². The number of likely N-dealkylation sites (N-methyl/N-ethyl adjacent to an activating group) is 1. The van der Waals surface area contributed by atoms with Gasteiger partial charge in [0.1, 0.15) is 23.7 Å². The molecule has 0 aliphatic rings. The predicted octanol–water partition coefficient (Wildman–Crippen LogP) is 3.52. The summed E-state index contributed by atoms with van der Waals surface area (Å²) in [4.78, 5) is 14.9. The quantitative estimate of drug-likeness (QED) is 0.753. The van der Waals surface area contributed by atoms with Crippen LogP contribution in [0.1, 0.15) is 42.6 Å². The summed E-state index contributed by atoms with van der Waals surface area (Å²) in [7, 11) is 0. The Morgan fingerprint density at radius 1 is 1.24 bits per heavy atom. The highest BCUT2D eigenvalue weighted by Crippen LogP contribution is 2.25. The first kappa shape index (κ1) is 19.0. The minimum atomic E-state index is -0.226. The van der Waals surface area contributed by atoms with Gasteiger partial charge in [-0.25, -0.2) is 0 Å². The lowest BCUT2D eigenvalue weighted by molar-refractivity contribution is 0.102. The Morgan fingerprint density at radius 2 is 1.96 bits per heavy atom. The van der Waals surface area contributed by atoms with Crippen LogP contribution in [0.2, 0.25) is 0 Å². The Bertz CT molecular complexity index is 693. The highest BCUT2D eigenvalue weighted by molar-refractivity contribution is 6.06. The Morgan fingerprint density at radius 3 is 2.64 bits per heavy atom. The monoisotopic (exact) mass is 345 g/mol. The number of aryl methyl sites for hydroxylation is 2. The van der Waals surface area contributed by atoms with Gasteiger partial charge >= 0.3 is 0 Å². The van der Waals surface area contributed by atoms with E-state index in [1.165, 1.54) is 0 Å². The molecule has 0 atom stereocenters. The minimum absolute atomic E-state index is 0.226. The number of rotatable bonds is 9. The molecule has 0 saturated heterocycles. The molecule has 1 amide bonds. The number of carbonyl (C=O) groups excluding carboxylic acids is 1. The molecule has 0 radical (unpaired) electrons. The van der Waals surface area contributed by atoms with Crippen molar-refractivity contribution < 1.29 is 14.1 Å². The second-order valence-corrected chi connectivity index (χ2v) is 5.74. The zero-order valence-corrected chi connectivity index (χ0v) is 15.5. The van der Waals surface area contributed by atoms with Crippen LogP contribution in [0.3, 0.4) is 0 Å². The maximum absolute atomic E-state index is 12.6. The van der Waals surface area contributed by atoms with Crippen molar-refractivity contribution in [2.45, 2.75) is 34.1 Å². The molecule has 2 rings (SSSR count). The number of carbonyl (C=O) groups is 1. The van der Waals surface area contributed by atoms with Gasteiger partial charge in [-0.2, -0.15) is 0 Å². The standard InChI is InChI=1S/C19H27N3O3/c1-5-15-18(14(4)25-21-15)19(23)20-16-10-8-9-11-17(16)24-13-12-22(6-2)7-3/h8-11H,5-7,12-13H2,1-4H3,(H,20,23). The molecule has 1 aromatic heterocycles. The first-order chi connectivity index (χ1) is 12.1. The molecule has 6 nitrogen and oxygen atoms in total. The van der Waals surface area contributed by atoms with E-state index in [1.54, 1.807) is 6.92 Å². The van der Waals surface area contributed by atoms with Gasteiger partial charge in [0.15, 0.2) is 0 Å². The average Bonchev–Trinajstić information content (AvgIpc) is 3.01. The number of para-hydroxylation sites is 2. The number of amides is 1. The zero-order valence-electron chi connectivity index (χ0n) is 15.5. The van der Waals surface area contributed by atoms with Crippen molar-refractivity contribution in [2.24, 2.45) is 0 Å². The molecule has 2 aromatic rings. The summed E-state index contributed by atoms with van der Waals surface area (Å²) in [6.45, 7) is 11.3. The third-order valence-electron chi connectivity index (χ3n) is 4.19. The molecular formula is C19H27N3O3. The fourth-order valence-electron chi connectivity index (χ4n) is 2.66. The number of aromatic nitrogens is 1. The average molecular weight is 345 g/mol. The molecule has 0 aliphatic carbocycles. The Labute approximate surface area is 149 Å². The smallest absolute Gasteiger partial charge is 0.261 e. The van der Waals surface area contributed by atoms with Crippen molar-refractivity contribution in [1.82, 2.24) is 10.1 Å². The first-order valence-electron chi connectivity index (χ1n) is 8.81. The van der Waals surface area contributed by atoms with Gasteiger partial charge in [-0.3, -0.25) is 4.79 Å². The zero-order chi connectivity index (χ0) is 18.2. The van der Waals surface area contributed by atoms with E-state index in [0.29, 0.717) is 41.5 Å². The maximum Gasteiger partial charge on any atom is 0.261 e. The van der Waals surface area contributed by atoms with Crippen LogP contribution in [-0.4, -0.2) is 42.2 Å². The summed E-state index contributed by atoms with van der Waals surface area (Å²) in [6.07, 6.45) is 0.641. The second-order valence-electron chi connectivity index (χ2n) is 5.74. The van der Waals surface area contributed by atoms with Gasteiger partial charge in [0.05, 0.1) is 11.4 Å². The van der Waals surface area contributed by atoms with Crippen LogP contribution in [-0.2, 0) is 6.42 Å². The summed E-state index contributed by atoms with van der Waals surface area (Å²) >= 11 is 0. The summed E-state index contributed by atoms with van der Waals surface area (Å²) in [5.41, 5.74) is 1.81. The fourth-order valence-corrected chi connectivity index (χ4v) is 2.66. The van der Waals surface area contributed by atoms with Crippen molar-refractivity contribution in [2.75, 3.05) is 31.6 Å². The molecule has 6 heteroatoms. The number of nitrogens with one attached hydrogen (secondary N) is 1. The van der Waals surface area contributed by atoms with E-state index in [9.17, 15) is 4.79 Å². The summed E-state index contributed by atoms with van der Waals surface area (Å²) in [5, 5.41) is 6.85. The van der Waals surface area contributed by atoms with Crippen molar-refractivity contribution >= 4 is 11.6 Å². The third-order valence-corrected chi connectivity index (χ3v) is 4.19. The number of ether oxygens (including phenoxy) is 1. The van der Waals surface area contributed by atoms with Crippen LogP contribution < -0.4 is 10.1 Å². The van der Waals surface area contributed by atoms with E-state index < -0.39 is 0 Å². The maximum atomic E-state index is 12.6. The number of anilines is 1. The number of nitrogens with zero attached hydrogens (tertiary/aromatic N) is 2. The molecule has 0 spiro atoms. The van der Waals surface area contributed by atoms with E-state index in [1.807, 2.05) is 31.2 Å². The van der Waals surface area contributed by atoms with Gasteiger partial charge in [-0.15, -0.1) is 0 Å². The highest BCUT2D eigenvalue weighted by Gasteiger charge is 2.20. The van der Waals surface area contributed by atoms with Crippen LogP contribution in [0.5, 0.6) is 5.75 Å². The fraction of sp³-hybridized carbons (Fsp3) is 0.474. The molecule has 1 aromatic carbocycles. The largest absolute Gasteiger partial charge is 0.490 e. The molecule has 0 aliphatic heterocycles. The highest BCUT2D eigenvalue weighted by atomic mass is 16.5. The lowest BCUT2D eigenvalue weighted by atomic mass is 10.1. The van der Waals surface area contributed by atoms with E-state index in [4.69, 9.17) is 9.26 Å². The van der Waals surface area contributed by atoms with Crippen LogP contribution in [0.4, 0.5) is 5.69 Å². The van der Waals surface area contributed by atoms with Gasteiger partial charge in [-0.05, 0) is 38.6 Å². The van der Waals surface area contributed by atoms with Gasteiger partial charge in [-0.1, -0.05) is 38.1 Å². The van der Waals surface area contributed by atoms with Crippen molar-refractivity contribution in [3.8, 4) is 5.75 Å². The molecule has 136 valence electrons. The molecule has 25 heavy (non-hydrogen) atoms. The molecule has 0 fully saturated rings. The van der Waals surface area contributed by atoms with Crippen molar-refractivity contribution in [3.63, 3.8) is 0 Å². The van der Waals surface area contributed by atoms with E-state index in [-0.39, 0.29) is 5.91 Å². The minimum Gasteiger partial charge on any atom is -0.490 e. The summed E-state index contributed by atoms with van der Waals surface area (Å²) in [6, 6.07) is 7.46. The van der Waals surface area contributed by atoms with Crippen LogP contribution in [0.25, 0.3) is 0 Å². The Kier molecular flexibility index (Phi) is 7.01. The van der Waals surface area contributed by atoms with E-state index >= 15 is 0 Å². The SMILES string of the molecule is CCc1noc(C)c1C(=O)Nc1ccccc1OCCN(CC)CC. The third kappa shape index (κ3) is 4.82. The predicted molar refractivity (Wildman–Crippen MR) is 98.3 cm³/mol. The molecule has 1 heterocycles. The van der Waals surface area contributed by atoms with Crippen molar-refractivity contribution in [3.05, 3.63) is 41.3 Å². The van der Waals surface area contributed by atoms with Gasteiger partial charge < -0.3 is 19.5 Å². The molecule has 0 saturated carbocycles. The van der Waals surface area contributed by atoms with E-state index in [2.05, 4.69) is 29.2 Å². The second kappa shape index (κ2) is 9.22. The topological polar surface area (TPSA) is 67.6 Å². The summed E-state index contributed by atoms with van der Waals surface area (Å²) in [5.74, 6) is 0.958. The Balaban J connectivity index is 2.07. The summed E-state index contributed by atoms with van der Waals surface area (Å²) < 4.78 is 11.0. The molecule has 0 unspecified atom stereocenters. The lowest BCUT2D eigenvalue weighted by Crippen LogP contribution is -2.28. The van der Waals surface area contributed by atoms with E-state index in [0.717, 1.165) is 19.6 Å². The van der Waals surface area contributed by atoms with Crippen molar-refractivity contribution in [1.29, 1.82) is 0 Å².